The van der Waals surface area contributed by atoms with Crippen molar-refractivity contribution in [1.29, 1.82) is 0 Å². The third-order valence-corrected chi connectivity index (χ3v) is 5.30. The molecule has 25 heavy (non-hydrogen) atoms. The van der Waals surface area contributed by atoms with Crippen LogP contribution in [-0.4, -0.2) is 26.0 Å². The van der Waals surface area contributed by atoms with Gasteiger partial charge in [-0.2, -0.15) is 0 Å². The van der Waals surface area contributed by atoms with Crippen LogP contribution in [0.3, 0.4) is 0 Å². The summed E-state index contributed by atoms with van der Waals surface area (Å²) >= 11 is 0. The number of rotatable bonds is 4. The maximum atomic E-state index is 11.9. The molecule has 3 heterocycles. The lowest BCUT2D eigenvalue weighted by molar-refractivity contribution is -0.935. The summed E-state index contributed by atoms with van der Waals surface area (Å²) in [5, 5.41) is 1.06. The summed E-state index contributed by atoms with van der Waals surface area (Å²) in [6, 6.07) is 3.80. The van der Waals surface area contributed by atoms with Crippen LogP contribution in [0.1, 0.15) is 42.9 Å². The van der Waals surface area contributed by atoms with Crippen molar-refractivity contribution in [2.45, 2.75) is 52.2 Å². The van der Waals surface area contributed by atoms with Gasteiger partial charge in [0.25, 0.3) is 0 Å². The molecule has 1 unspecified atom stereocenters. The minimum absolute atomic E-state index is 0.277. The lowest BCUT2D eigenvalue weighted by Gasteiger charge is -2.29. The van der Waals surface area contributed by atoms with Crippen LogP contribution >= 0.6 is 0 Å². The first-order valence-electron chi connectivity index (χ1n) is 9.33. The molecule has 1 fully saturated rings. The standard InChI is InChI=1S/C20H25NO4/c1-3-5-14-9-18(22)25-20-13(2)19-15(8-17(14)20)10-21(12-24-19)11-16-6-4-7-23-16/h8-9,16H,3-7,10-12H2,1-2H3/p+1/t16-/m1/s1. The van der Waals surface area contributed by atoms with Gasteiger partial charge in [0, 0.05) is 29.2 Å². The van der Waals surface area contributed by atoms with Crippen LogP contribution in [0, 0.1) is 6.92 Å². The van der Waals surface area contributed by atoms with Gasteiger partial charge in [-0.15, -0.1) is 0 Å². The van der Waals surface area contributed by atoms with Crippen molar-refractivity contribution in [1.82, 2.24) is 0 Å². The Bertz CT molecular complexity index is 836. The molecular weight excluding hydrogens is 318 g/mol. The second-order valence-corrected chi connectivity index (χ2v) is 7.26. The highest BCUT2D eigenvalue weighted by atomic mass is 16.5. The number of quaternary nitrogens is 1. The van der Waals surface area contributed by atoms with Gasteiger partial charge in [0.05, 0.1) is 0 Å². The Labute approximate surface area is 147 Å². The maximum Gasteiger partial charge on any atom is 0.336 e. The minimum Gasteiger partial charge on any atom is -0.444 e. The van der Waals surface area contributed by atoms with E-state index in [0.717, 1.165) is 61.2 Å². The average Bonchev–Trinajstić information content (AvgIpc) is 3.09. The summed E-state index contributed by atoms with van der Waals surface area (Å²) in [5.74, 6) is 0.889. The molecule has 2 aliphatic heterocycles. The smallest absolute Gasteiger partial charge is 0.336 e. The molecule has 0 saturated carbocycles. The summed E-state index contributed by atoms with van der Waals surface area (Å²) < 4.78 is 17.4. The maximum absolute atomic E-state index is 11.9. The number of fused-ring (bicyclic) bond motifs is 2. The number of hydrogen-bond donors (Lipinski definition) is 1. The van der Waals surface area contributed by atoms with Crippen LogP contribution < -0.4 is 15.3 Å². The zero-order chi connectivity index (χ0) is 17.4. The Hall–Kier alpha value is -1.85. The van der Waals surface area contributed by atoms with Gasteiger partial charge in [-0.25, -0.2) is 4.79 Å². The topological polar surface area (TPSA) is 53.1 Å². The van der Waals surface area contributed by atoms with Crippen LogP contribution in [0.15, 0.2) is 21.3 Å². The fraction of sp³-hybridized carbons (Fsp3) is 0.550. The second-order valence-electron chi connectivity index (χ2n) is 7.26. The van der Waals surface area contributed by atoms with Crippen molar-refractivity contribution >= 4 is 11.0 Å². The molecule has 1 aromatic carbocycles. The fourth-order valence-corrected chi connectivity index (χ4v) is 4.13. The Balaban J connectivity index is 1.70. The molecule has 134 valence electrons. The highest BCUT2D eigenvalue weighted by molar-refractivity contribution is 5.86. The third kappa shape index (κ3) is 3.18. The first-order valence-corrected chi connectivity index (χ1v) is 9.33. The SMILES string of the molecule is CCCc1cc(=O)oc2c(C)c3c(cc12)C[NH+](C[C@H]1CCCO1)CO3. The quantitative estimate of drug-likeness (QED) is 0.862. The van der Waals surface area contributed by atoms with E-state index >= 15 is 0 Å². The Morgan fingerprint density at radius 3 is 2.96 bits per heavy atom. The van der Waals surface area contributed by atoms with Crippen molar-refractivity contribution in [3.63, 3.8) is 0 Å². The first-order chi connectivity index (χ1) is 12.2. The lowest BCUT2D eigenvalue weighted by Crippen LogP contribution is -3.13. The first kappa shape index (κ1) is 16.6. The monoisotopic (exact) mass is 344 g/mol. The number of benzene rings is 1. The van der Waals surface area contributed by atoms with Crippen molar-refractivity contribution in [3.05, 3.63) is 39.2 Å². The van der Waals surface area contributed by atoms with Gasteiger partial charge in [-0.1, -0.05) is 13.3 Å². The number of aryl methyl sites for hydroxylation is 2. The van der Waals surface area contributed by atoms with E-state index in [-0.39, 0.29) is 5.63 Å². The van der Waals surface area contributed by atoms with Crippen molar-refractivity contribution in [2.75, 3.05) is 19.9 Å². The second kappa shape index (κ2) is 6.81. The van der Waals surface area contributed by atoms with Gasteiger partial charge in [0.2, 0.25) is 6.73 Å². The molecule has 0 radical (unpaired) electrons. The van der Waals surface area contributed by atoms with E-state index in [1.165, 1.54) is 16.9 Å². The molecule has 2 aliphatic rings. The largest absolute Gasteiger partial charge is 0.444 e. The highest BCUT2D eigenvalue weighted by Gasteiger charge is 2.28. The van der Waals surface area contributed by atoms with E-state index in [9.17, 15) is 4.79 Å². The number of hydrogen-bond acceptors (Lipinski definition) is 4. The molecule has 1 N–H and O–H groups in total. The highest BCUT2D eigenvalue weighted by Crippen LogP contribution is 2.33. The Morgan fingerprint density at radius 2 is 2.20 bits per heavy atom. The molecule has 5 heteroatoms. The summed E-state index contributed by atoms with van der Waals surface area (Å²) in [4.78, 5) is 13.3. The summed E-state index contributed by atoms with van der Waals surface area (Å²) in [6.07, 6.45) is 4.56. The molecule has 0 bridgehead atoms. The molecule has 1 aromatic heterocycles. The molecular formula is C20H26NO4+. The molecule has 2 atom stereocenters. The molecule has 4 rings (SSSR count). The van der Waals surface area contributed by atoms with E-state index in [1.54, 1.807) is 6.07 Å². The van der Waals surface area contributed by atoms with Crippen LogP contribution in [0.25, 0.3) is 11.0 Å². The van der Waals surface area contributed by atoms with Crippen molar-refractivity contribution in [3.8, 4) is 5.75 Å². The van der Waals surface area contributed by atoms with Gasteiger partial charge in [-0.3, -0.25) is 4.90 Å². The van der Waals surface area contributed by atoms with Gasteiger partial charge in [0.15, 0.2) is 0 Å². The zero-order valence-corrected chi connectivity index (χ0v) is 15.0. The molecule has 1 saturated heterocycles. The van der Waals surface area contributed by atoms with Gasteiger partial charge < -0.3 is 13.9 Å². The molecule has 0 amide bonds. The lowest BCUT2D eigenvalue weighted by atomic mass is 9.98. The molecule has 0 aliphatic carbocycles. The average molecular weight is 344 g/mol. The minimum atomic E-state index is -0.277. The predicted molar refractivity (Wildman–Crippen MR) is 95.2 cm³/mol. The number of nitrogens with one attached hydrogen (secondary N) is 1. The predicted octanol–water partition coefficient (Wildman–Crippen LogP) is 1.97. The summed E-state index contributed by atoms with van der Waals surface area (Å²) in [6.45, 7) is 7.56. The van der Waals surface area contributed by atoms with Gasteiger partial charge in [-0.05, 0) is 37.8 Å². The normalized spacial score (nSPS) is 22.8. The van der Waals surface area contributed by atoms with Crippen LogP contribution in [-0.2, 0) is 17.7 Å². The van der Waals surface area contributed by atoms with E-state index in [4.69, 9.17) is 13.9 Å². The van der Waals surface area contributed by atoms with Crippen LogP contribution in [0.2, 0.25) is 0 Å². The van der Waals surface area contributed by atoms with Crippen LogP contribution in [0.4, 0.5) is 0 Å². The van der Waals surface area contributed by atoms with Crippen LogP contribution in [0.5, 0.6) is 5.75 Å². The van der Waals surface area contributed by atoms with E-state index in [2.05, 4.69) is 13.0 Å². The summed E-state index contributed by atoms with van der Waals surface area (Å²) in [5.41, 5.74) is 3.62. The molecule has 5 nitrogen and oxygen atoms in total. The van der Waals surface area contributed by atoms with E-state index in [1.807, 2.05) is 6.92 Å². The Kier molecular flexibility index (Phi) is 4.52. The zero-order valence-electron chi connectivity index (χ0n) is 15.0. The molecule has 2 aromatic rings. The van der Waals surface area contributed by atoms with Gasteiger partial charge in [0.1, 0.15) is 30.5 Å². The van der Waals surface area contributed by atoms with Gasteiger partial charge >= 0.3 is 5.63 Å². The number of ether oxygens (including phenoxy) is 2. The van der Waals surface area contributed by atoms with E-state index in [0.29, 0.717) is 18.4 Å². The van der Waals surface area contributed by atoms with Crippen molar-refractivity contribution < 1.29 is 18.8 Å². The fourth-order valence-electron chi connectivity index (χ4n) is 4.13. The molecule has 0 spiro atoms. The van der Waals surface area contributed by atoms with E-state index < -0.39 is 0 Å². The van der Waals surface area contributed by atoms with Crippen molar-refractivity contribution in [2.24, 2.45) is 0 Å². The Morgan fingerprint density at radius 1 is 1.32 bits per heavy atom. The summed E-state index contributed by atoms with van der Waals surface area (Å²) in [7, 11) is 0. The third-order valence-electron chi connectivity index (χ3n) is 5.30.